The van der Waals surface area contributed by atoms with E-state index in [1.165, 1.54) is 12.1 Å². The molecule has 2 aromatic heterocycles. The lowest BCUT2D eigenvalue weighted by Crippen LogP contribution is -2.30. The molecule has 0 spiro atoms. The lowest BCUT2D eigenvalue weighted by Gasteiger charge is -2.29. The summed E-state index contributed by atoms with van der Waals surface area (Å²) in [5.74, 6) is 0. The fourth-order valence-electron chi connectivity index (χ4n) is 4.32. The van der Waals surface area contributed by atoms with E-state index in [9.17, 15) is 10.1 Å². The molecule has 9 heteroatoms. The Labute approximate surface area is 210 Å². The zero-order chi connectivity index (χ0) is 23.8. The van der Waals surface area contributed by atoms with Gasteiger partial charge in [-0.15, -0.1) is 0 Å². The third-order valence-corrected chi connectivity index (χ3v) is 7.14. The van der Waals surface area contributed by atoms with Crippen LogP contribution >= 0.6 is 28.1 Å². The second kappa shape index (κ2) is 9.00. The van der Waals surface area contributed by atoms with Crippen molar-refractivity contribution in [1.82, 2.24) is 14.9 Å². The fourth-order valence-corrected chi connectivity index (χ4v) is 4.91. The molecule has 0 radical (unpaired) electrons. The van der Waals surface area contributed by atoms with Crippen molar-refractivity contribution in [2.45, 2.75) is 19.0 Å². The number of nitrogens with one attached hydrogen (secondary N) is 1. The summed E-state index contributed by atoms with van der Waals surface area (Å²) < 4.78 is 3.07. The topological polar surface area (TPSA) is 76.2 Å². The van der Waals surface area contributed by atoms with Gasteiger partial charge < -0.3 is 14.8 Å². The zero-order valence-electron chi connectivity index (χ0n) is 18.1. The largest absolute Gasteiger partial charge is 0.351 e. The SMILES string of the molecule is Cc1cc(N2C(=S)N[C@@H](c3ccccn3)[C@H]2c2cccn2-c2ccc([N+](=O)[O-])cc2)ccc1Br. The molecule has 7 nitrogen and oxygen atoms in total. The first-order chi connectivity index (χ1) is 16.4. The Bertz CT molecular complexity index is 1370. The number of benzene rings is 2. The Kier molecular flexibility index (Phi) is 5.89. The first-order valence-corrected chi connectivity index (χ1v) is 11.8. The normalized spacial score (nSPS) is 17.6. The molecule has 3 heterocycles. The van der Waals surface area contributed by atoms with Crippen molar-refractivity contribution < 1.29 is 4.92 Å². The van der Waals surface area contributed by atoms with Crippen LogP contribution in [0, 0.1) is 17.0 Å². The van der Waals surface area contributed by atoms with Crippen LogP contribution in [0.4, 0.5) is 11.4 Å². The molecule has 2 atom stereocenters. The quantitative estimate of drug-likeness (QED) is 0.192. The van der Waals surface area contributed by atoms with Crippen molar-refractivity contribution in [2.24, 2.45) is 0 Å². The number of hydrogen-bond acceptors (Lipinski definition) is 4. The second-order valence-corrected chi connectivity index (χ2v) is 9.25. The zero-order valence-corrected chi connectivity index (χ0v) is 20.5. The lowest BCUT2D eigenvalue weighted by molar-refractivity contribution is -0.384. The minimum atomic E-state index is -0.394. The monoisotopic (exact) mass is 533 g/mol. The number of halogens is 1. The molecule has 1 aliphatic heterocycles. The summed E-state index contributed by atoms with van der Waals surface area (Å²) in [6.07, 6.45) is 3.73. The smallest absolute Gasteiger partial charge is 0.269 e. The predicted octanol–water partition coefficient (Wildman–Crippen LogP) is 6.03. The number of thiocarbonyl (C=S) groups is 1. The van der Waals surface area contributed by atoms with Crippen LogP contribution in [0.1, 0.15) is 29.0 Å². The highest BCUT2D eigenvalue weighted by atomic mass is 79.9. The first kappa shape index (κ1) is 22.2. The molecule has 0 unspecified atom stereocenters. The molecule has 170 valence electrons. The van der Waals surface area contributed by atoms with Gasteiger partial charge in [0.05, 0.1) is 16.7 Å². The van der Waals surface area contributed by atoms with E-state index in [4.69, 9.17) is 12.2 Å². The van der Waals surface area contributed by atoms with Crippen LogP contribution in [0.5, 0.6) is 0 Å². The van der Waals surface area contributed by atoms with Gasteiger partial charge in [-0.05, 0) is 79.3 Å². The van der Waals surface area contributed by atoms with Gasteiger partial charge in [0.25, 0.3) is 5.69 Å². The number of rotatable bonds is 5. The Morgan fingerprint density at radius 3 is 2.50 bits per heavy atom. The van der Waals surface area contributed by atoms with E-state index in [0.29, 0.717) is 5.11 Å². The Hall–Kier alpha value is -3.56. The first-order valence-electron chi connectivity index (χ1n) is 10.6. The average Bonchev–Trinajstić information content (AvgIpc) is 3.46. The minimum Gasteiger partial charge on any atom is -0.351 e. The molecule has 4 aromatic rings. The number of aromatic nitrogens is 2. The maximum Gasteiger partial charge on any atom is 0.269 e. The number of nitro benzene ring substituents is 1. The predicted molar refractivity (Wildman–Crippen MR) is 139 cm³/mol. The number of non-ortho nitro benzene ring substituents is 1. The molecule has 0 saturated carbocycles. The molecular formula is C25H20BrN5O2S. The van der Waals surface area contributed by atoms with Gasteiger partial charge in [0.2, 0.25) is 0 Å². The molecule has 0 aliphatic carbocycles. The number of pyridine rings is 1. The van der Waals surface area contributed by atoms with Crippen LogP contribution in [-0.4, -0.2) is 19.6 Å². The van der Waals surface area contributed by atoms with Gasteiger partial charge in [0.1, 0.15) is 6.04 Å². The highest BCUT2D eigenvalue weighted by Gasteiger charge is 2.42. The molecule has 1 N–H and O–H groups in total. The second-order valence-electron chi connectivity index (χ2n) is 8.01. The van der Waals surface area contributed by atoms with E-state index in [1.54, 1.807) is 18.3 Å². The van der Waals surface area contributed by atoms with Crippen LogP contribution in [0.25, 0.3) is 5.69 Å². The van der Waals surface area contributed by atoms with Crippen molar-refractivity contribution in [3.05, 3.63) is 117 Å². The molecule has 0 bridgehead atoms. The average molecular weight is 534 g/mol. The standard InChI is InChI=1S/C25H20BrN5O2S/c1-16-15-19(11-12-20(16)26)30-24(23(28-25(30)34)21-5-2-3-13-27-21)22-6-4-14-29(22)17-7-9-18(10-8-17)31(32)33/h2-15,23-24H,1H3,(H,28,34)/t23-,24+/m0/s1. The molecule has 1 fully saturated rings. The molecule has 1 aliphatic rings. The van der Waals surface area contributed by atoms with E-state index >= 15 is 0 Å². The summed E-state index contributed by atoms with van der Waals surface area (Å²) in [5, 5.41) is 15.2. The van der Waals surface area contributed by atoms with Gasteiger partial charge in [-0.2, -0.15) is 0 Å². The van der Waals surface area contributed by atoms with Gasteiger partial charge in [0.15, 0.2) is 5.11 Å². The van der Waals surface area contributed by atoms with Crippen molar-refractivity contribution in [3.8, 4) is 5.69 Å². The Morgan fingerprint density at radius 1 is 1.06 bits per heavy atom. The third kappa shape index (κ3) is 3.97. The van der Waals surface area contributed by atoms with E-state index in [2.05, 4.69) is 43.3 Å². The van der Waals surface area contributed by atoms with Gasteiger partial charge in [-0.3, -0.25) is 15.1 Å². The van der Waals surface area contributed by atoms with E-state index in [0.717, 1.165) is 32.8 Å². The van der Waals surface area contributed by atoms with E-state index < -0.39 is 4.92 Å². The van der Waals surface area contributed by atoms with Crippen LogP contribution < -0.4 is 10.2 Å². The maximum absolute atomic E-state index is 11.1. The molecule has 2 aromatic carbocycles. The molecular weight excluding hydrogens is 514 g/mol. The summed E-state index contributed by atoms with van der Waals surface area (Å²) in [6.45, 7) is 2.05. The number of aryl methyl sites for hydroxylation is 1. The maximum atomic E-state index is 11.1. The number of nitrogens with zero attached hydrogens (tertiary/aromatic N) is 4. The summed E-state index contributed by atoms with van der Waals surface area (Å²) in [6, 6.07) is 22.2. The summed E-state index contributed by atoms with van der Waals surface area (Å²) in [5.41, 5.74) is 4.82. The highest BCUT2D eigenvalue weighted by Crippen LogP contribution is 2.42. The van der Waals surface area contributed by atoms with E-state index in [-0.39, 0.29) is 17.8 Å². The van der Waals surface area contributed by atoms with Gasteiger partial charge in [0, 0.05) is 46.1 Å². The minimum absolute atomic E-state index is 0.0551. The summed E-state index contributed by atoms with van der Waals surface area (Å²) in [7, 11) is 0. The van der Waals surface area contributed by atoms with Gasteiger partial charge in [-0.1, -0.05) is 22.0 Å². The van der Waals surface area contributed by atoms with Gasteiger partial charge >= 0.3 is 0 Å². The van der Waals surface area contributed by atoms with Crippen molar-refractivity contribution in [1.29, 1.82) is 0 Å². The highest BCUT2D eigenvalue weighted by molar-refractivity contribution is 9.10. The van der Waals surface area contributed by atoms with Crippen molar-refractivity contribution in [2.75, 3.05) is 4.90 Å². The number of nitro groups is 1. The number of hydrogen-bond donors (Lipinski definition) is 1. The van der Waals surface area contributed by atoms with Crippen molar-refractivity contribution >= 4 is 44.6 Å². The van der Waals surface area contributed by atoms with Crippen LogP contribution in [-0.2, 0) is 0 Å². The van der Waals surface area contributed by atoms with E-state index in [1.807, 2.05) is 54.1 Å². The van der Waals surface area contributed by atoms with Crippen LogP contribution in [0.2, 0.25) is 0 Å². The molecule has 34 heavy (non-hydrogen) atoms. The summed E-state index contributed by atoms with van der Waals surface area (Å²) in [4.78, 5) is 17.5. The van der Waals surface area contributed by atoms with Gasteiger partial charge in [-0.25, -0.2) is 0 Å². The molecule has 5 rings (SSSR count). The molecule has 0 amide bonds. The lowest BCUT2D eigenvalue weighted by atomic mass is 10.0. The fraction of sp³-hybridized carbons (Fsp3) is 0.120. The van der Waals surface area contributed by atoms with Crippen LogP contribution in [0.3, 0.4) is 0 Å². The third-order valence-electron chi connectivity index (χ3n) is 5.94. The van der Waals surface area contributed by atoms with Crippen molar-refractivity contribution in [3.63, 3.8) is 0 Å². The Morgan fingerprint density at radius 2 is 1.82 bits per heavy atom. The van der Waals surface area contributed by atoms with Crippen LogP contribution in [0.15, 0.2) is 89.7 Å². The molecule has 1 saturated heterocycles. The number of anilines is 1. The Balaban J connectivity index is 1.65. The summed E-state index contributed by atoms with van der Waals surface area (Å²) >= 11 is 9.41.